The normalized spacial score (nSPS) is 25.7. The fourth-order valence-corrected chi connectivity index (χ4v) is 5.26. The minimum Gasteiger partial charge on any atom is -0.264 e. The molecule has 1 aliphatic rings. The van der Waals surface area contributed by atoms with Crippen molar-refractivity contribution in [1.29, 1.82) is 21.0 Å². The number of hydrogen-bond donors (Lipinski definition) is 0. The van der Waals surface area contributed by atoms with Crippen LogP contribution in [0.2, 0.25) is 0 Å². The molecule has 0 heterocycles. The summed E-state index contributed by atoms with van der Waals surface area (Å²) in [6.45, 7) is 1.69. The van der Waals surface area contributed by atoms with Crippen LogP contribution in [0.3, 0.4) is 0 Å². The van der Waals surface area contributed by atoms with Gasteiger partial charge < -0.3 is 0 Å². The first-order chi connectivity index (χ1) is 15.0. The number of rotatable bonds is 4. The van der Waals surface area contributed by atoms with Crippen LogP contribution in [0.5, 0.6) is 0 Å². The topological polar surface area (TPSA) is 138 Å². The second-order valence-corrected chi connectivity index (χ2v) is 7.71. The van der Waals surface area contributed by atoms with Gasteiger partial charge in [-0.2, -0.15) is 21.0 Å². The lowest BCUT2D eigenvalue weighted by Crippen LogP contribution is -2.60. The third-order valence-electron chi connectivity index (χ3n) is 6.45. The van der Waals surface area contributed by atoms with E-state index in [2.05, 4.69) is 0 Å². The fraction of sp³-hybridized carbons (Fsp3) is 0.333. The Bertz CT molecular complexity index is 1110. The monoisotopic (exact) mass is 409 g/mol. The molecule has 31 heavy (non-hydrogen) atoms. The second-order valence-electron chi connectivity index (χ2n) is 7.71. The van der Waals surface area contributed by atoms with E-state index in [1.807, 2.05) is 24.3 Å². The van der Waals surface area contributed by atoms with Crippen molar-refractivity contribution in [1.82, 2.24) is 0 Å². The average Bonchev–Trinajstić information content (AvgIpc) is 2.82. The molecule has 0 saturated heterocycles. The Morgan fingerprint density at radius 1 is 0.839 bits per heavy atom. The zero-order chi connectivity index (χ0) is 22.6. The first-order valence-electron chi connectivity index (χ1n) is 9.85. The van der Waals surface area contributed by atoms with E-state index >= 15 is 0 Å². The molecule has 0 N–H and O–H groups in total. The number of hydrogen-bond acceptors (Lipinski definition) is 6. The van der Waals surface area contributed by atoms with Crippen molar-refractivity contribution in [3.63, 3.8) is 0 Å². The SMILES string of the molecule is CC[C@@H]1[C@H]([N+](=O)[O-])[C@@H](c2ccccc2)C(C#N)(C#N)[C@@H](c2ccccc2)C1(C#N)C#N. The maximum atomic E-state index is 12.4. The molecule has 4 atom stereocenters. The quantitative estimate of drug-likeness (QED) is 0.545. The van der Waals surface area contributed by atoms with Gasteiger partial charge in [0, 0.05) is 10.8 Å². The predicted molar refractivity (Wildman–Crippen MR) is 110 cm³/mol. The molecule has 0 radical (unpaired) electrons. The molecule has 0 aliphatic heterocycles. The zero-order valence-electron chi connectivity index (χ0n) is 16.8. The highest BCUT2D eigenvalue weighted by Crippen LogP contribution is 2.64. The summed E-state index contributed by atoms with van der Waals surface area (Å²) in [5.41, 5.74) is -2.99. The molecule has 0 unspecified atom stereocenters. The summed E-state index contributed by atoms with van der Waals surface area (Å²) < 4.78 is 0. The summed E-state index contributed by atoms with van der Waals surface area (Å²) >= 11 is 0. The third kappa shape index (κ3) is 3.00. The van der Waals surface area contributed by atoms with Crippen LogP contribution in [-0.4, -0.2) is 11.0 Å². The second kappa shape index (κ2) is 8.27. The van der Waals surface area contributed by atoms with E-state index < -0.39 is 39.5 Å². The van der Waals surface area contributed by atoms with Crippen molar-refractivity contribution >= 4 is 0 Å². The zero-order valence-corrected chi connectivity index (χ0v) is 16.8. The molecule has 2 aromatic carbocycles. The minimum atomic E-state index is -2.00. The van der Waals surface area contributed by atoms with E-state index in [4.69, 9.17) is 0 Å². The lowest BCUT2D eigenvalue weighted by Gasteiger charge is -2.51. The molecule has 1 fully saturated rings. The van der Waals surface area contributed by atoms with Gasteiger partial charge in [-0.15, -0.1) is 0 Å². The van der Waals surface area contributed by atoms with Crippen LogP contribution in [-0.2, 0) is 0 Å². The molecule has 3 rings (SSSR count). The van der Waals surface area contributed by atoms with Crippen LogP contribution >= 0.6 is 0 Å². The molecular formula is C24H19N5O2. The van der Waals surface area contributed by atoms with Gasteiger partial charge in [-0.05, 0) is 17.5 Å². The van der Waals surface area contributed by atoms with Gasteiger partial charge >= 0.3 is 0 Å². The van der Waals surface area contributed by atoms with E-state index in [1.165, 1.54) is 0 Å². The number of benzene rings is 2. The van der Waals surface area contributed by atoms with Gasteiger partial charge in [0.05, 0.1) is 36.1 Å². The molecule has 0 aromatic heterocycles. The van der Waals surface area contributed by atoms with Gasteiger partial charge in [0.15, 0.2) is 10.8 Å². The molecule has 152 valence electrons. The minimum absolute atomic E-state index is 0.173. The molecule has 7 heteroatoms. The van der Waals surface area contributed by atoms with Gasteiger partial charge in [-0.1, -0.05) is 67.6 Å². The molecular weight excluding hydrogens is 390 g/mol. The molecule has 7 nitrogen and oxygen atoms in total. The summed E-state index contributed by atoms with van der Waals surface area (Å²) in [6.07, 6.45) is 0.173. The number of nitro groups is 1. The average molecular weight is 409 g/mol. The van der Waals surface area contributed by atoms with E-state index in [1.54, 1.807) is 67.6 Å². The van der Waals surface area contributed by atoms with Gasteiger partial charge in [0.1, 0.15) is 0 Å². The molecule has 2 aromatic rings. The van der Waals surface area contributed by atoms with Gasteiger partial charge in [0.2, 0.25) is 6.04 Å². The first-order valence-corrected chi connectivity index (χ1v) is 9.85. The Morgan fingerprint density at radius 3 is 1.68 bits per heavy atom. The Hall–Kier alpha value is -4.20. The summed E-state index contributed by atoms with van der Waals surface area (Å²) in [5, 5.41) is 53.6. The standard InChI is InChI=1S/C24H19N5O2/c1-2-19-21(29(30)31)20(17-9-5-3-6-10-17)24(15-27,16-28)22(23(19,13-25)14-26)18-11-7-4-8-12-18/h3-12,19-22H,2H2,1H3/t19-,20-,21+,22+/m1/s1. The molecule has 0 amide bonds. The highest BCUT2D eigenvalue weighted by Gasteiger charge is 2.72. The van der Waals surface area contributed by atoms with Crippen molar-refractivity contribution in [2.75, 3.05) is 0 Å². The van der Waals surface area contributed by atoms with Crippen LogP contribution in [0.15, 0.2) is 60.7 Å². The highest BCUT2D eigenvalue weighted by molar-refractivity contribution is 5.48. The van der Waals surface area contributed by atoms with Crippen LogP contribution < -0.4 is 0 Å². The maximum Gasteiger partial charge on any atom is 0.227 e. The van der Waals surface area contributed by atoms with E-state index in [0.717, 1.165) is 0 Å². The van der Waals surface area contributed by atoms with Crippen molar-refractivity contribution in [3.8, 4) is 24.3 Å². The Kier molecular flexibility index (Phi) is 5.74. The highest BCUT2D eigenvalue weighted by atomic mass is 16.6. The van der Waals surface area contributed by atoms with E-state index in [-0.39, 0.29) is 6.42 Å². The first kappa shape index (κ1) is 21.5. The summed E-state index contributed by atoms with van der Waals surface area (Å²) in [5.74, 6) is -3.26. The summed E-state index contributed by atoms with van der Waals surface area (Å²) in [4.78, 5) is 11.8. The van der Waals surface area contributed by atoms with Crippen molar-refractivity contribution in [3.05, 3.63) is 81.9 Å². The third-order valence-corrected chi connectivity index (χ3v) is 6.45. The van der Waals surface area contributed by atoms with Gasteiger partial charge in [-0.3, -0.25) is 10.1 Å². The predicted octanol–water partition coefficient (Wildman–Crippen LogP) is 4.31. The van der Waals surface area contributed by atoms with Gasteiger partial charge in [0.25, 0.3) is 0 Å². The summed E-state index contributed by atoms with van der Waals surface area (Å²) in [7, 11) is 0. The van der Waals surface area contributed by atoms with E-state index in [9.17, 15) is 31.2 Å². The van der Waals surface area contributed by atoms with Crippen LogP contribution in [0.25, 0.3) is 0 Å². The van der Waals surface area contributed by atoms with Crippen molar-refractivity contribution < 1.29 is 4.92 Å². The van der Waals surface area contributed by atoms with E-state index in [0.29, 0.717) is 11.1 Å². The van der Waals surface area contributed by atoms with Crippen molar-refractivity contribution in [2.45, 2.75) is 31.2 Å². The lowest BCUT2D eigenvalue weighted by molar-refractivity contribution is -0.546. The summed E-state index contributed by atoms with van der Waals surface area (Å²) in [6, 6.07) is 23.6. The molecule has 0 spiro atoms. The Morgan fingerprint density at radius 2 is 1.29 bits per heavy atom. The molecule has 0 bridgehead atoms. The smallest absolute Gasteiger partial charge is 0.227 e. The number of nitrogens with zero attached hydrogens (tertiary/aromatic N) is 5. The van der Waals surface area contributed by atoms with Crippen LogP contribution in [0, 0.1) is 72.2 Å². The van der Waals surface area contributed by atoms with Crippen LogP contribution in [0.4, 0.5) is 0 Å². The maximum absolute atomic E-state index is 12.4. The van der Waals surface area contributed by atoms with Crippen molar-refractivity contribution in [2.24, 2.45) is 16.7 Å². The Labute approximate surface area is 180 Å². The number of nitriles is 4. The Balaban J connectivity index is 2.50. The largest absolute Gasteiger partial charge is 0.264 e. The lowest BCUT2D eigenvalue weighted by atomic mass is 9.44. The fourth-order valence-electron chi connectivity index (χ4n) is 5.26. The molecule has 1 saturated carbocycles. The van der Waals surface area contributed by atoms with Crippen LogP contribution in [0.1, 0.15) is 36.3 Å². The van der Waals surface area contributed by atoms with Gasteiger partial charge in [-0.25, -0.2) is 0 Å². The molecule has 1 aliphatic carbocycles.